The second kappa shape index (κ2) is 5.61. The third-order valence-electron chi connectivity index (χ3n) is 3.52. The Morgan fingerprint density at radius 2 is 2.26 bits per heavy atom. The van der Waals surface area contributed by atoms with Gasteiger partial charge < -0.3 is 9.84 Å². The van der Waals surface area contributed by atoms with E-state index in [9.17, 15) is 4.79 Å². The van der Waals surface area contributed by atoms with Crippen molar-refractivity contribution >= 4 is 5.97 Å². The summed E-state index contributed by atoms with van der Waals surface area (Å²) in [5.41, 5.74) is 2.00. The molecule has 6 heteroatoms. The van der Waals surface area contributed by atoms with Gasteiger partial charge in [-0.15, -0.1) is 0 Å². The van der Waals surface area contributed by atoms with E-state index < -0.39 is 5.97 Å². The zero-order chi connectivity index (χ0) is 14.0. The molecule has 1 fully saturated rings. The van der Waals surface area contributed by atoms with Gasteiger partial charge in [0.2, 0.25) is 5.88 Å². The van der Waals surface area contributed by atoms with E-state index in [1.165, 1.54) is 0 Å². The minimum atomic E-state index is -0.750. The highest BCUT2D eigenvalue weighted by molar-refractivity contribution is 5.66. The SMILES string of the molecule is COc1c(CN(CCC(=O)O)C2CC2)c(C)nn1C. The predicted octanol–water partition coefficient (Wildman–Crippen LogP) is 1.18. The van der Waals surface area contributed by atoms with Crippen molar-refractivity contribution in [2.75, 3.05) is 13.7 Å². The number of methoxy groups -OCH3 is 1. The monoisotopic (exact) mass is 267 g/mol. The van der Waals surface area contributed by atoms with Gasteiger partial charge in [-0.2, -0.15) is 5.10 Å². The highest BCUT2D eigenvalue weighted by Gasteiger charge is 2.30. The largest absolute Gasteiger partial charge is 0.481 e. The molecule has 1 saturated carbocycles. The van der Waals surface area contributed by atoms with Crippen LogP contribution in [-0.4, -0.2) is 45.5 Å². The molecule has 1 aromatic heterocycles. The van der Waals surface area contributed by atoms with Crippen molar-refractivity contribution in [1.82, 2.24) is 14.7 Å². The highest BCUT2D eigenvalue weighted by atomic mass is 16.5. The number of aliphatic carboxylic acids is 1. The lowest BCUT2D eigenvalue weighted by Crippen LogP contribution is -2.28. The van der Waals surface area contributed by atoms with Crippen LogP contribution >= 0.6 is 0 Å². The second-order valence-corrected chi connectivity index (χ2v) is 5.04. The van der Waals surface area contributed by atoms with Crippen LogP contribution < -0.4 is 4.74 Å². The molecule has 1 heterocycles. The maximum atomic E-state index is 10.7. The first-order valence-corrected chi connectivity index (χ1v) is 6.55. The zero-order valence-corrected chi connectivity index (χ0v) is 11.7. The van der Waals surface area contributed by atoms with Crippen molar-refractivity contribution in [2.24, 2.45) is 7.05 Å². The van der Waals surface area contributed by atoms with E-state index in [-0.39, 0.29) is 6.42 Å². The fourth-order valence-corrected chi connectivity index (χ4v) is 2.39. The van der Waals surface area contributed by atoms with Crippen molar-refractivity contribution in [2.45, 2.75) is 38.8 Å². The lowest BCUT2D eigenvalue weighted by Gasteiger charge is -2.21. The Kier molecular flexibility index (Phi) is 4.09. The fourth-order valence-electron chi connectivity index (χ4n) is 2.39. The van der Waals surface area contributed by atoms with E-state index in [1.807, 2.05) is 14.0 Å². The van der Waals surface area contributed by atoms with Crippen LogP contribution in [0.4, 0.5) is 0 Å². The molecule has 0 unspecified atom stereocenters. The number of ether oxygens (including phenoxy) is 1. The summed E-state index contributed by atoms with van der Waals surface area (Å²) in [5.74, 6) is 0.0130. The maximum absolute atomic E-state index is 10.7. The van der Waals surface area contributed by atoms with Crippen LogP contribution in [0.2, 0.25) is 0 Å². The molecule has 0 atom stereocenters. The summed E-state index contributed by atoms with van der Waals surface area (Å²) in [4.78, 5) is 12.9. The standard InChI is InChI=1S/C13H21N3O3/c1-9-11(13(19-3)15(2)14-9)8-16(10-4-5-10)7-6-12(17)18/h10H,4-8H2,1-3H3,(H,17,18). The van der Waals surface area contributed by atoms with E-state index in [0.717, 1.165) is 30.0 Å². The van der Waals surface area contributed by atoms with Crippen LogP contribution in [0.25, 0.3) is 0 Å². The van der Waals surface area contributed by atoms with Crippen LogP contribution in [0.5, 0.6) is 5.88 Å². The predicted molar refractivity (Wildman–Crippen MR) is 70.2 cm³/mol. The van der Waals surface area contributed by atoms with E-state index in [4.69, 9.17) is 9.84 Å². The molecule has 0 aromatic carbocycles. The van der Waals surface area contributed by atoms with Gasteiger partial charge >= 0.3 is 5.97 Å². The number of hydrogen-bond acceptors (Lipinski definition) is 4. The smallest absolute Gasteiger partial charge is 0.304 e. The molecule has 1 aromatic rings. The first-order chi connectivity index (χ1) is 9.02. The number of carboxylic acids is 1. The van der Waals surface area contributed by atoms with Crippen LogP contribution in [0, 0.1) is 6.92 Å². The molecule has 106 valence electrons. The van der Waals surface area contributed by atoms with Crippen molar-refractivity contribution in [3.05, 3.63) is 11.3 Å². The average Bonchev–Trinajstić information content (AvgIpc) is 3.12. The van der Waals surface area contributed by atoms with Crippen LogP contribution in [-0.2, 0) is 18.4 Å². The molecule has 2 rings (SSSR count). The molecular weight excluding hydrogens is 246 g/mol. The van der Waals surface area contributed by atoms with Crippen LogP contribution in [0.1, 0.15) is 30.5 Å². The lowest BCUT2D eigenvalue weighted by atomic mass is 10.2. The van der Waals surface area contributed by atoms with E-state index in [2.05, 4.69) is 10.00 Å². The molecule has 1 aliphatic carbocycles. The van der Waals surface area contributed by atoms with Gasteiger partial charge in [0, 0.05) is 26.2 Å². The van der Waals surface area contributed by atoms with Crippen LogP contribution in [0.3, 0.4) is 0 Å². The summed E-state index contributed by atoms with van der Waals surface area (Å²) in [6, 6.07) is 0.517. The van der Waals surface area contributed by atoms with Gasteiger partial charge in [0.05, 0.1) is 24.8 Å². The molecule has 6 nitrogen and oxygen atoms in total. The quantitative estimate of drug-likeness (QED) is 0.803. The molecule has 0 bridgehead atoms. The first kappa shape index (κ1) is 13.9. The topological polar surface area (TPSA) is 67.6 Å². The number of carbonyl (C=O) groups is 1. The summed E-state index contributed by atoms with van der Waals surface area (Å²) in [6.45, 7) is 3.25. The normalized spacial score (nSPS) is 14.9. The Morgan fingerprint density at radius 3 is 2.79 bits per heavy atom. The van der Waals surface area contributed by atoms with E-state index in [0.29, 0.717) is 19.1 Å². The van der Waals surface area contributed by atoms with Gasteiger partial charge in [-0.1, -0.05) is 0 Å². The van der Waals surface area contributed by atoms with Gasteiger partial charge in [-0.3, -0.25) is 9.69 Å². The second-order valence-electron chi connectivity index (χ2n) is 5.04. The van der Waals surface area contributed by atoms with Gasteiger partial charge in [-0.25, -0.2) is 4.68 Å². The molecule has 0 aliphatic heterocycles. The molecule has 0 saturated heterocycles. The number of aryl methyl sites for hydroxylation is 2. The maximum Gasteiger partial charge on any atom is 0.304 e. The average molecular weight is 267 g/mol. The fraction of sp³-hybridized carbons (Fsp3) is 0.692. The molecule has 1 N–H and O–H groups in total. The Balaban J connectivity index is 2.10. The summed E-state index contributed by atoms with van der Waals surface area (Å²) < 4.78 is 7.11. The third-order valence-corrected chi connectivity index (χ3v) is 3.52. The van der Waals surface area contributed by atoms with Gasteiger partial charge in [0.25, 0.3) is 0 Å². The Hall–Kier alpha value is -1.56. The molecule has 1 aliphatic rings. The lowest BCUT2D eigenvalue weighted by molar-refractivity contribution is -0.137. The summed E-state index contributed by atoms with van der Waals surface area (Å²) >= 11 is 0. The zero-order valence-electron chi connectivity index (χ0n) is 11.7. The number of hydrogen-bond donors (Lipinski definition) is 1. The molecule has 19 heavy (non-hydrogen) atoms. The van der Waals surface area contributed by atoms with E-state index in [1.54, 1.807) is 11.8 Å². The Bertz CT molecular complexity index is 466. The number of aromatic nitrogens is 2. The van der Waals surface area contributed by atoms with Gasteiger partial charge in [0.15, 0.2) is 0 Å². The first-order valence-electron chi connectivity index (χ1n) is 6.55. The van der Waals surface area contributed by atoms with Crippen molar-refractivity contribution < 1.29 is 14.6 Å². The molecule has 0 amide bonds. The van der Waals surface area contributed by atoms with Crippen molar-refractivity contribution in [1.29, 1.82) is 0 Å². The highest BCUT2D eigenvalue weighted by Crippen LogP contribution is 2.31. The Morgan fingerprint density at radius 1 is 1.58 bits per heavy atom. The molecule has 0 radical (unpaired) electrons. The summed E-state index contributed by atoms with van der Waals surface area (Å²) in [6.07, 6.45) is 2.49. The third kappa shape index (κ3) is 3.26. The molecule has 0 spiro atoms. The Labute approximate surface area is 113 Å². The van der Waals surface area contributed by atoms with Gasteiger partial charge in [-0.05, 0) is 19.8 Å². The number of rotatable bonds is 7. The van der Waals surface area contributed by atoms with Crippen molar-refractivity contribution in [3.63, 3.8) is 0 Å². The van der Waals surface area contributed by atoms with E-state index >= 15 is 0 Å². The minimum absolute atomic E-state index is 0.179. The van der Waals surface area contributed by atoms with Crippen molar-refractivity contribution in [3.8, 4) is 5.88 Å². The minimum Gasteiger partial charge on any atom is -0.481 e. The number of nitrogens with zero attached hydrogens (tertiary/aromatic N) is 3. The molecular formula is C13H21N3O3. The summed E-state index contributed by atoms with van der Waals surface area (Å²) in [7, 11) is 3.49. The summed E-state index contributed by atoms with van der Waals surface area (Å²) in [5, 5.41) is 13.2. The van der Waals surface area contributed by atoms with Crippen LogP contribution in [0.15, 0.2) is 0 Å². The number of carboxylic acid groups (broad SMARTS) is 1. The van der Waals surface area contributed by atoms with Gasteiger partial charge in [0.1, 0.15) is 0 Å².